The summed E-state index contributed by atoms with van der Waals surface area (Å²) in [7, 11) is 0. The average Bonchev–Trinajstić information content (AvgIpc) is 2.67. The molecule has 3 nitrogen and oxygen atoms in total. The molecule has 0 aliphatic rings. The zero-order valence-electron chi connectivity index (χ0n) is 10.5. The van der Waals surface area contributed by atoms with Crippen molar-refractivity contribution in [3.05, 3.63) is 35.6 Å². The highest BCUT2D eigenvalue weighted by molar-refractivity contribution is 5.82. The Labute approximate surface area is 101 Å². The Morgan fingerprint density at radius 2 is 2.00 bits per heavy atom. The number of aliphatic hydroxyl groups excluding tert-OH is 1. The zero-order chi connectivity index (χ0) is 12.4. The third-order valence-electron chi connectivity index (χ3n) is 3.08. The largest absolute Gasteiger partial charge is 0.459 e. The molecule has 1 heterocycles. The molecule has 0 saturated carbocycles. The van der Waals surface area contributed by atoms with Crippen molar-refractivity contribution in [2.24, 2.45) is 0 Å². The van der Waals surface area contributed by atoms with Crippen molar-refractivity contribution >= 4 is 11.0 Å². The molecule has 2 N–H and O–H groups in total. The van der Waals surface area contributed by atoms with Crippen LogP contribution in [0.1, 0.15) is 31.2 Å². The first kappa shape index (κ1) is 12.1. The van der Waals surface area contributed by atoms with E-state index in [0.717, 1.165) is 16.7 Å². The molecule has 0 radical (unpaired) electrons. The van der Waals surface area contributed by atoms with E-state index in [-0.39, 0.29) is 18.7 Å². The molecule has 1 aromatic heterocycles. The van der Waals surface area contributed by atoms with Crippen molar-refractivity contribution in [1.82, 2.24) is 5.32 Å². The van der Waals surface area contributed by atoms with Gasteiger partial charge in [0, 0.05) is 11.4 Å². The summed E-state index contributed by atoms with van der Waals surface area (Å²) in [6.07, 6.45) is 0. The number of rotatable bonds is 4. The van der Waals surface area contributed by atoms with E-state index in [1.54, 1.807) is 0 Å². The van der Waals surface area contributed by atoms with Gasteiger partial charge >= 0.3 is 0 Å². The number of para-hydroxylation sites is 1. The molecule has 0 saturated heterocycles. The molecule has 2 atom stereocenters. The number of furan rings is 1. The maximum Gasteiger partial charge on any atom is 0.134 e. The van der Waals surface area contributed by atoms with E-state index >= 15 is 0 Å². The topological polar surface area (TPSA) is 45.4 Å². The molecule has 3 heteroatoms. The van der Waals surface area contributed by atoms with Gasteiger partial charge in [0.05, 0.1) is 12.6 Å². The van der Waals surface area contributed by atoms with Crippen LogP contribution in [-0.2, 0) is 0 Å². The maximum absolute atomic E-state index is 9.05. The standard InChI is InChI=1S/C14H19NO2/c1-9(8-16)15-11(3)14-10(2)12-6-4-5-7-13(12)17-14/h4-7,9,11,15-16H,8H2,1-3H3. The number of aryl methyl sites for hydroxylation is 1. The van der Waals surface area contributed by atoms with E-state index < -0.39 is 0 Å². The fourth-order valence-electron chi connectivity index (χ4n) is 2.16. The number of benzene rings is 1. The van der Waals surface area contributed by atoms with E-state index in [1.807, 2.05) is 25.1 Å². The van der Waals surface area contributed by atoms with Crippen molar-refractivity contribution in [2.45, 2.75) is 32.9 Å². The second-order valence-corrected chi connectivity index (χ2v) is 4.56. The smallest absolute Gasteiger partial charge is 0.134 e. The van der Waals surface area contributed by atoms with E-state index in [4.69, 9.17) is 9.52 Å². The quantitative estimate of drug-likeness (QED) is 0.853. The van der Waals surface area contributed by atoms with E-state index in [0.29, 0.717) is 0 Å². The lowest BCUT2D eigenvalue weighted by Gasteiger charge is -2.16. The average molecular weight is 233 g/mol. The minimum absolute atomic E-state index is 0.0672. The summed E-state index contributed by atoms with van der Waals surface area (Å²) in [6.45, 7) is 6.21. The molecule has 2 aromatic rings. The van der Waals surface area contributed by atoms with E-state index in [2.05, 4.69) is 25.2 Å². The third kappa shape index (κ3) is 2.35. The summed E-state index contributed by atoms with van der Waals surface area (Å²) in [5, 5.41) is 13.5. The van der Waals surface area contributed by atoms with Gasteiger partial charge < -0.3 is 14.8 Å². The fourth-order valence-corrected chi connectivity index (χ4v) is 2.16. The van der Waals surface area contributed by atoms with Gasteiger partial charge in [-0.2, -0.15) is 0 Å². The van der Waals surface area contributed by atoms with Gasteiger partial charge in [0.1, 0.15) is 11.3 Å². The fraction of sp³-hybridized carbons (Fsp3) is 0.429. The van der Waals surface area contributed by atoms with Gasteiger partial charge in [-0.05, 0) is 32.4 Å². The summed E-state index contributed by atoms with van der Waals surface area (Å²) < 4.78 is 5.86. The second-order valence-electron chi connectivity index (χ2n) is 4.56. The minimum atomic E-state index is 0.0672. The van der Waals surface area contributed by atoms with Crippen LogP contribution >= 0.6 is 0 Å². The molecule has 17 heavy (non-hydrogen) atoms. The van der Waals surface area contributed by atoms with Crippen molar-refractivity contribution in [3.63, 3.8) is 0 Å². The van der Waals surface area contributed by atoms with Gasteiger partial charge in [-0.15, -0.1) is 0 Å². The van der Waals surface area contributed by atoms with Gasteiger partial charge in [0.25, 0.3) is 0 Å². The van der Waals surface area contributed by atoms with Gasteiger partial charge in [0.15, 0.2) is 0 Å². The Balaban J connectivity index is 2.32. The lowest BCUT2D eigenvalue weighted by Crippen LogP contribution is -2.31. The van der Waals surface area contributed by atoms with Crippen LogP contribution in [0, 0.1) is 6.92 Å². The van der Waals surface area contributed by atoms with Crippen LogP contribution in [0.2, 0.25) is 0 Å². The first-order valence-electron chi connectivity index (χ1n) is 5.98. The predicted molar refractivity (Wildman–Crippen MR) is 69.0 cm³/mol. The highest BCUT2D eigenvalue weighted by atomic mass is 16.3. The molecule has 1 aromatic carbocycles. The van der Waals surface area contributed by atoms with Crippen LogP contribution in [0.25, 0.3) is 11.0 Å². The third-order valence-corrected chi connectivity index (χ3v) is 3.08. The van der Waals surface area contributed by atoms with Crippen LogP contribution in [0.4, 0.5) is 0 Å². The van der Waals surface area contributed by atoms with Crippen LogP contribution in [0.3, 0.4) is 0 Å². The SMILES string of the molecule is Cc1c(C(C)NC(C)CO)oc2ccccc12. The number of hydrogen-bond acceptors (Lipinski definition) is 3. The first-order chi connectivity index (χ1) is 8.13. The summed E-state index contributed by atoms with van der Waals surface area (Å²) in [5.74, 6) is 0.950. The Bertz CT molecular complexity index is 504. The van der Waals surface area contributed by atoms with Crippen LogP contribution in [0.15, 0.2) is 28.7 Å². The maximum atomic E-state index is 9.05. The number of nitrogens with one attached hydrogen (secondary N) is 1. The van der Waals surface area contributed by atoms with Gasteiger partial charge in [-0.3, -0.25) is 0 Å². The Morgan fingerprint density at radius 3 is 2.65 bits per heavy atom. The molecule has 2 unspecified atom stereocenters. The molecular formula is C14H19NO2. The second kappa shape index (κ2) is 4.90. The van der Waals surface area contributed by atoms with Crippen molar-refractivity contribution in [2.75, 3.05) is 6.61 Å². The Hall–Kier alpha value is -1.32. The molecule has 2 rings (SSSR count). The van der Waals surface area contributed by atoms with Crippen LogP contribution in [-0.4, -0.2) is 17.8 Å². The summed E-state index contributed by atoms with van der Waals surface area (Å²) in [5.41, 5.74) is 2.09. The predicted octanol–water partition coefficient (Wildman–Crippen LogP) is 2.77. The molecule has 0 aliphatic heterocycles. The summed E-state index contributed by atoms with van der Waals surface area (Å²) in [6, 6.07) is 8.21. The lowest BCUT2D eigenvalue weighted by molar-refractivity contribution is 0.238. The molecule has 0 amide bonds. The van der Waals surface area contributed by atoms with Crippen LogP contribution < -0.4 is 5.32 Å². The monoisotopic (exact) mass is 233 g/mol. The summed E-state index contributed by atoms with van der Waals surface area (Å²) >= 11 is 0. The summed E-state index contributed by atoms with van der Waals surface area (Å²) in [4.78, 5) is 0. The lowest BCUT2D eigenvalue weighted by atomic mass is 10.1. The normalized spacial score (nSPS) is 15.1. The molecular weight excluding hydrogens is 214 g/mol. The highest BCUT2D eigenvalue weighted by Gasteiger charge is 2.17. The zero-order valence-corrected chi connectivity index (χ0v) is 10.5. The molecule has 0 aliphatic carbocycles. The van der Waals surface area contributed by atoms with Crippen molar-refractivity contribution < 1.29 is 9.52 Å². The molecule has 0 bridgehead atoms. The molecule has 0 fully saturated rings. The number of aliphatic hydroxyl groups is 1. The Morgan fingerprint density at radius 1 is 1.29 bits per heavy atom. The van der Waals surface area contributed by atoms with Gasteiger partial charge in [0.2, 0.25) is 0 Å². The molecule has 0 spiro atoms. The first-order valence-corrected chi connectivity index (χ1v) is 5.98. The van der Waals surface area contributed by atoms with Crippen molar-refractivity contribution in [1.29, 1.82) is 0 Å². The van der Waals surface area contributed by atoms with Gasteiger partial charge in [-0.25, -0.2) is 0 Å². The van der Waals surface area contributed by atoms with E-state index in [1.165, 1.54) is 5.56 Å². The van der Waals surface area contributed by atoms with E-state index in [9.17, 15) is 0 Å². The minimum Gasteiger partial charge on any atom is -0.459 e. The van der Waals surface area contributed by atoms with Gasteiger partial charge in [-0.1, -0.05) is 18.2 Å². The van der Waals surface area contributed by atoms with Crippen LogP contribution in [0.5, 0.6) is 0 Å². The Kier molecular flexibility index (Phi) is 3.50. The van der Waals surface area contributed by atoms with Crippen molar-refractivity contribution in [3.8, 4) is 0 Å². The number of fused-ring (bicyclic) bond motifs is 1. The molecule has 92 valence electrons. The number of hydrogen-bond donors (Lipinski definition) is 2. The highest BCUT2D eigenvalue weighted by Crippen LogP contribution is 2.29.